The van der Waals surface area contributed by atoms with Crippen molar-refractivity contribution in [3.05, 3.63) is 17.2 Å². The van der Waals surface area contributed by atoms with E-state index in [4.69, 9.17) is 0 Å². The number of carbonyl (C=O) groups is 1. The fraction of sp³-hybridized carbons (Fsp3) is 0.667. The third kappa shape index (κ3) is 2.10. The molecule has 0 unspecified atom stereocenters. The maximum atomic E-state index is 11.2. The molecule has 0 aromatic carbocycles. The van der Waals surface area contributed by atoms with Gasteiger partial charge in [0.1, 0.15) is 5.82 Å². The first kappa shape index (κ1) is 11.2. The fourth-order valence-corrected chi connectivity index (χ4v) is 2.20. The van der Waals surface area contributed by atoms with Gasteiger partial charge in [0, 0.05) is 19.2 Å². The normalized spacial score (nSPS) is 14.6. The number of hydrogen-bond acceptors (Lipinski definition) is 2. The van der Waals surface area contributed by atoms with Crippen LogP contribution in [0.25, 0.3) is 0 Å². The molecule has 0 aliphatic heterocycles. The van der Waals surface area contributed by atoms with E-state index in [2.05, 4.69) is 14.9 Å². The van der Waals surface area contributed by atoms with Crippen LogP contribution in [-0.2, 0) is 31.2 Å². The summed E-state index contributed by atoms with van der Waals surface area (Å²) < 4.78 is 2.14. The SMILES string of the molecule is CCC(=O)NCc1nc2c(n1C)CCCC2. The number of fused-ring (bicyclic) bond motifs is 1. The molecule has 0 saturated carbocycles. The van der Waals surface area contributed by atoms with Gasteiger partial charge in [0.25, 0.3) is 0 Å². The Kier molecular flexibility index (Phi) is 3.27. The van der Waals surface area contributed by atoms with E-state index < -0.39 is 0 Å². The van der Waals surface area contributed by atoms with Crippen LogP contribution in [0.1, 0.15) is 43.4 Å². The summed E-state index contributed by atoms with van der Waals surface area (Å²) in [6.45, 7) is 2.41. The maximum absolute atomic E-state index is 11.2. The third-order valence-corrected chi connectivity index (χ3v) is 3.23. The second-order valence-electron chi connectivity index (χ2n) is 4.32. The van der Waals surface area contributed by atoms with E-state index >= 15 is 0 Å². The molecule has 1 aliphatic carbocycles. The number of aryl methyl sites for hydroxylation is 1. The lowest BCUT2D eigenvalue weighted by molar-refractivity contribution is -0.120. The average molecular weight is 221 g/mol. The molecule has 2 rings (SSSR count). The van der Waals surface area contributed by atoms with E-state index in [0.29, 0.717) is 13.0 Å². The minimum Gasteiger partial charge on any atom is -0.349 e. The summed E-state index contributed by atoms with van der Waals surface area (Å²) >= 11 is 0. The van der Waals surface area contributed by atoms with E-state index in [9.17, 15) is 4.79 Å². The molecule has 0 spiro atoms. The van der Waals surface area contributed by atoms with Gasteiger partial charge in [0.2, 0.25) is 5.91 Å². The lowest BCUT2D eigenvalue weighted by Crippen LogP contribution is -2.23. The van der Waals surface area contributed by atoms with Crippen molar-refractivity contribution in [2.45, 2.75) is 45.6 Å². The Morgan fingerprint density at radius 2 is 2.19 bits per heavy atom. The van der Waals surface area contributed by atoms with Crippen molar-refractivity contribution >= 4 is 5.91 Å². The Morgan fingerprint density at radius 3 is 2.88 bits per heavy atom. The van der Waals surface area contributed by atoms with Crippen molar-refractivity contribution in [2.24, 2.45) is 7.05 Å². The predicted octanol–water partition coefficient (Wildman–Crippen LogP) is 1.33. The molecule has 16 heavy (non-hydrogen) atoms. The van der Waals surface area contributed by atoms with E-state index in [1.54, 1.807) is 0 Å². The monoisotopic (exact) mass is 221 g/mol. The molecular formula is C12H19N3O. The van der Waals surface area contributed by atoms with Crippen LogP contribution in [0.15, 0.2) is 0 Å². The average Bonchev–Trinajstić information content (AvgIpc) is 2.64. The highest BCUT2D eigenvalue weighted by Crippen LogP contribution is 2.21. The Balaban J connectivity index is 2.10. The van der Waals surface area contributed by atoms with Gasteiger partial charge in [-0.25, -0.2) is 4.98 Å². The zero-order valence-corrected chi connectivity index (χ0v) is 10.0. The van der Waals surface area contributed by atoms with Crippen molar-refractivity contribution in [1.29, 1.82) is 0 Å². The smallest absolute Gasteiger partial charge is 0.220 e. The molecule has 0 radical (unpaired) electrons. The minimum absolute atomic E-state index is 0.0842. The quantitative estimate of drug-likeness (QED) is 0.837. The molecule has 0 bridgehead atoms. The number of hydrogen-bond donors (Lipinski definition) is 1. The molecule has 1 N–H and O–H groups in total. The summed E-state index contributed by atoms with van der Waals surface area (Å²) in [7, 11) is 2.05. The molecule has 1 aromatic rings. The van der Waals surface area contributed by atoms with Crippen molar-refractivity contribution in [3.8, 4) is 0 Å². The van der Waals surface area contributed by atoms with E-state index in [1.807, 2.05) is 14.0 Å². The predicted molar refractivity (Wildman–Crippen MR) is 62.0 cm³/mol. The van der Waals surface area contributed by atoms with Gasteiger partial charge in [-0.05, 0) is 25.7 Å². The van der Waals surface area contributed by atoms with Crippen LogP contribution in [0.4, 0.5) is 0 Å². The topological polar surface area (TPSA) is 46.9 Å². The first-order valence-electron chi connectivity index (χ1n) is 6.02. The standard InChI is InChI=1S/C12H19N3O/c1-3-12(16)13-8-11-14-9-6-4-5-7-10(9)15(11)2/h3-8H2,1-2H3,(H,13,16). The Morgan fingerprint density at radius 1 is 1.44 bits per heavy atom. The molecule has 4 heteroatoms. The molecule has 1 amide bonds. The van der Waals surface area contributed by atoms with Gasteiger partial charge in [-0.2, -0.15) is 0 Å². The number of nitrogens with one attached hydrogen (secondary N) is 1. The second kappa shape index (κ2) is 4.68. The van der Waals surface area contributed by atoms with Gasteiger partial charge in [-0.3, -0.25) is 4.79 Å². The van der Waals surface area contributed by atoms with Crippen LogP contribution in [0.3, 0.4) is 0 Å². The summed E-state index contributed by atoms with van der Waals surface area (Å²) in [5.74, 6) is 1.06. The molecule has 1 heterocycles. The van der Waals surface area contributed by atoms with Crippen LogP contribution < -0.4 is 5.32 Å². The Hall–Kier alpha value is -1.32. The summed E-state index contributed by atoms with van der Waals surface area (Å²) in [5, 5.41) is 2.88. The van der Waals surface area contributed by atoms with Crippen LogP contribution in [0.2, 0.25) is 0 Å². The number of carbonyl (C=O) groups excluding carboxylic acids is 1. The first-order valence-corrected chi connectivity index (χ1v) is 6.02. The summed E-state index contributed by atoms with van der Waals surface area (Å²) in [6.07, 6.45) is 5.24. The van der Waals surface area contributed by atoms with Crippen LogP contribution >= 0.6 is 0 Å². The van der Waals surface area contributed by atoms with Gasteiger partial charge in [-0.15, -0.1) is 0 Å². The second-order valence-corrected chi connectivity index (χ2v) is 4.32. The summed E-state index contributed by atoms with van der Waals surface area (Å²) in [6, 6.07) is 0. The highest BCUT2D eigenvalue weighted by Gasteiger charge is 2.17. The van der Waals surface area contributed by atoms with Crippen molar-refractivity contribution in [1.82, 2.24) is 14.9 Å². The minimum atomic E-state index is 0.0842. The number of aromatic nitrogens is 2. The lowest BCUT2D eigenvalue weighted by atomic mass is 10.0. The number of nitrogens with zero attached hydrogens (tertiary/aromatic N) is 2. The molecule has 1 aliphatic rings. The molecule has 0 fully saturated rings. The Bertz CT molecular complexity index is 395. The molecule has 1 aromatic heterocycles. The van der Waals surface area contributed by atoms with Gasteiger partial charge in [0.15, 0.2) is 0 Å². The Labute approximate surface area is 96.1 Å². The largest absolute Gasteiger partial charge is 0.349 e. The maximum Gasteiger partial charge on any atom is 0.220 e. The fourth-order valence-electron chi connectivity index (χ4n) is 2.20. The lowest BCUT2D eigenvalue weighted by Gasteiger charge is -2.11. The van der Waals surface area contributed by atoms with Crippen molar-refractivity contribution < 1.29 is 4.79 Å². The number of imidazole rings is 1. The van der Waals surface area contributed by atoms with Crippen LogP contribution in [0.5, 0.6) is 0 Å². The molecular weight excluding hydrogens is 202 g/mol. The molecule has 4 nitrogen and oxygen atoms in total. The van der Waals surface area contributed by atoms with E-state index in [0.717, 1.165) is 18.7 Å². The molecule has 0 atom stereocenters. The van der Waals surface area contributed by atoms with Gasteiger partial charge in [0.05, 0.1) is 12.2 Å². The van der Waals surface area contributed by atoms with E-state index in [-0.39, 0.29) is 5.91 Å². The van der Waals surface area contributed by atoms with E-state index in [1.165, 1.54) is 24.2 Å². The first-order chi connectivity index (χ1) is 7.72. The summed E-state index contributed by atoms with van der Waals surface area (Å²) in [5.41, 5.74) is 2.58. The van der Waals surface area contributed by atoms with Crippen LogP contribution in [-0.4, -0.2) is 15.5 Å². The van der Waals surface area contributed by atoms with Gasteiger partial charge in [-0.1, -0.05) is 6.92 Å². The van der Waals surface area contributed by atoms with Gasteiger partial charge < -0.3 is 9.88 Å². The van der Waals surface area contributed by atoms with Crippen molar-refractivity contribution in [2.75, 3.05) is 0 Å². The zero-order valence-electron chi connectivity index (χ0n) is 10.0. The van der Waals surface area contributed by atoms with Crippen LogP contribution in [0, 0.1) is 0 Å². The molecule has 88 valence electrons. The van der Waals surface area contributed by atoms with Gasteiger partial charge >= 0.3 is 0 Å². The number of rotatable bonds is 3. The molecule has 0 saturated heterocycles. The highest BCUT2D eigenvalue weighted by molar-refractivity contribution is 5.75. The summed E-state index contributed by atoms with van der Waals surface area (Å²) in [4.78, 5) is 15.8. The van der Waals surface area contributed by atoms with Crippen molar-refractivity contribution in [3.63, 3.8) is 0 Å². The zero-order chi connectivity index (χ0) is 11.5. The highest BCUT2D eigenvalue weighted by atomic mass is 16.1. The number of amides is 1. The third-order valence-electron chi connectivity index (χ3n) is 3.23.